The Morgan fingerprint density at radius 2 is 0.649 bits per heavy atom. The Morgan fingerprint density at radius 1 is 0.378 bits per heavy atom. The van der Waals surface area contributed by atoms with Gasteiger partial charge in [-0.2, -0.15) is 0 Å². The summed E-state index contributed by atoms with van der Waals surface area (Å²) < 4.78 is 6.38. The molecule has 0 bridgehead atoms. The zero-order valence-electron chi connectivity index (χ0n) is 46.5. The predicted octanol–water partition coefficient (Wildman–Crippen LogP) is 19.9. The summed E-state index contributed by atoms with van der Waals surface area (Å²) in [6.45, 7) is 25.6. The monoisotopic (exact) mass is 1060 g/mol. The summed E-state index contributed by atoms with van der Waals surface area (Å²) in [5.41, 5.74) is 33.7. The topological polar surface area (TPSA) is 0 Å². The standard InChI is InChI=1S/2C35H35.2CH3.H2Si.Zr/c2*1-6-28(29-10-8-7-9-11-29)20-27-21-34-32(30-16-23(2)14-24(3)17-30)12-13-33(35(34)22-27)31-18-25(4)15-26(5)19-31;;;;/h2*7-19,21-22,28H,6,20H2,1-5H3;2*1H3;1H2;. The molecule has 0 N–H and O–H groups in total. The Hall–Kier alpha value is -5.66. The van der Waals surface area contributed by atoms with Crippen molar-refractivity contribution in [2.45, 2.75) is 123 Å². The van der Waals surface area contributed by atoms with Gasteiger partial charge in [-0.25, -0.2) is 0 Å². The first-order valence-corrected chi connectivity index (χ1v) is 41.3. The van der Waals surface area contributed by atoms with Crippen LogP contribution in [0.1, 0.15) is 137 Å². The van der Waals surface area contributed by atoms with Gasteiger partial charge in [-0.15, -0.1) is 0 Å². The van der Waals surface area contributed by atoms with E-state index in [2.05, 4.69) is 255 Å². The quantitative estimate of drug-likeness (QED) is 0.0952. The van der Waals surface area contributed by atoms with E-state index in [0.717, 1.165) is 25.7 Å². The van der Waals surface area contributed by atoms with Crippen LogP contribution in [0.2, 0.25) is 9.26 Å². The van der Waals surface area contributed by atoms with Crippen LogP contribution in [0.3, 0.4) is 0 Å². The van der Waals surface area contributed by atoms with Gasteiger partial charge in [0.25, 0.3) is 0 Å². The first-order valence-electron chi connectivity index (χ1n) is 27.6. The Morgan fingerprint density at radius 3 is 0.932 bits per heavy atom. The molecule has 2 aliphatic rings. The van der Waals surface area contributed by atoms with Crippen molar-refractivity contribution in [3.05, 3.63) is 247 Å². The fourth-order valence-corrected chi connectivity index (χ4v) is 33.8. The van der Waals surface area contributed by atoms with Crippen LogP contribution in [0, 0.1) is 55.4 Å². The van der Waals surface area contributed by atoms with E-state index < -0.39 is 17.4 Å². The second kappa shape index (κ2) is 20.5. The first kappa shape index (κ1) is 51.8. The van der Waals surface area contributed by atoms with Gasteiger partial charge in [-0.05, 0) is 0 Å². The zero-order chi connectivity index (χ0) is 52.2. The van der Waals surface area contributed by atoms with Crippen molar-refractivity contribution < 1.29 is 17.4 Å². The van der Waals surface area contributed by atoms with E-state index in [1.165, 1.54) is 111 Å². The normalized spacial score (nSPS) is 16.1. The van der Waals surface area contributed by atoms with Crippen LogP contribution >= 0.6 is 0 Å². The van der Waals surface area contributed by atoms with Crippen LogP contribution in [-0.2, 0) is 17.4 Å². The van der Waals surface area contributed by atoms with Crippen LogP contribution in [0.25, 0.3) is 56.7 Å². The predicted molar refractivity (Wildman–Crippen MR) is 322 cm³/mol. The van der Waals surface area contributed by atoms with Gasteiger partial charge in [-0.3, -0.25) is 0 Å². The molecular formula is C72H78SiZr. The molecule has 8 aromatic carbocycles. The number of aryl methyl sites for hydroxylation is 8. The summed E-state index contributed by atoms with van der Waals surface area (Å²) in [6.07, 6.45) is 9.77. The number of hydrogen-bond donors (Lipinski definition) is 0. The van der Waals surface area contributed by atoms with Gasteiger partial charge >= 0.3 is 451 Å². The summed E-state index contributed by atoms with van der Waals surface area (Å²) in [7, 11) is 0. The molecule has 74 heavy (non-hydrogen) atoms. The van der Waals surface area contributed by atoms with E-state index in [0.29, 0.717) is 11.8 Å². The fourth-order valence-electron chi connectivity index (χ4n) is 14.3. The van der Waals surface area contributed by atoms with E-state index in [4.69, 9.17) is 0 Å². The van der Waals surface area contributed by atoms with Crippen molar-refractivity contribution in [3.8, 4) is 44.5 Å². The molecule has 0 fully saturated rings. The van der Waals surface area contributed by atoms with Gasteiger partial charge in [0.05, 0.1) is 0 Å². The van der Waals surface area contributed by atoms with Gasteiger partial charge in [0.2, 0.25) is 0 Å². The van der Waals surface area contributed by atoms with Crippen molar-refractivity contribution >= 4 is 19.0 Å². The van der Waals surface area contributed by atoms with Crippen molar-refractivity contribution in [2.24, 2.45) is 0 Å². The van der Waals surface area contributed by atoms with Gasteiger partial charge in [-0.1, -0.05) is 0 Å². The third kappa shape index (κ3) is 9.99. The van der Waals surface area contributed by atoms with Crippen molar-refractivity contribution in [3.63, 3.8) is 0 Å². The maximum atomic E-state index is 2.91. The van der Waals surface area contributed by atoms with Crippen LogP contribution in [0.4, 0.5) is 0 Å². The molecule has 8 aromatic rings. The molecule has 4 unspecified atom stereocenters. The van der Waals surface area contributed by atoms with Crippen LogP contribution < -0.4 is 0 Å². The average Bonchev–Trinajstić information content (AvgIpc) is 3.95. The Kier molecular flexibility index (Phi) is 14.3. The summed E-state index contributed by atoms with van der Waals surface area (Å²) in [6, 6.07) is 61.9. The van der Waals surface area contributed by atoms with Crippen LogP contribution in [-0.4, -0.2) is 6.88 Å². The zero-order valence-corrected chi connectivity index (χ0v) is 50.4. The number of allylic oxidation sites excluding steroid dienone is 2. The summed E-state index contributed by atoms with van der Waals surface area (Å²) in [5.74, 6) is 0.802. The third-order valence-corrected chi connectivity index (χ3v) is 34.5. The molecule has 0 aliphatic heterocycles. The van der Waals surface area contributed by atoms with Gasteiger partial charge < -0.3 is 0 Å². The molecule has 374 valence electrons. The minimum atomic E-state index is -4.57. The van der Waals surface area contributed by atoms with E-state index in [1.807, 2.05) is 0 Å². The molecule has 0 heterocycles. The molecule has 0 spiro atoms. The van der Waals surface area contributed by atoms with E-state index in [-0.39, 0.29) is 7.25 Å². The van der Waals surface area contributed by atoms with E-state index in [9.17, 15) is 0 Å². The number of fused-ring (bicyclic) bond motifs is 2. The molecule has 4 atom stereocenters. The molecular weight excluding hydrogens is 984 g/mol. The van der Waals surface area contributed by atoms with Gasteiger partial charge in [0.1, 0.15) is 0 Å². The molecule has 0 amide bonds. The van der Waals surface area contributed by atoms with Crippen LogP contribution in [0.15, 0.2) is 169 Å². The molecule has 0 nitrogen and oxygen atoms in total. The summed E-state index contributed by atoms with van der Waals surface area (Å²) in [4.78, 5) is 0. The number of hydrogen-bond acceptors (Lipinski definition) is 0. The summed E-state index contributed by atoms with van der Waals surface area (Å²) >= 11 is -4.57. The molecule has 2 heteroatoms. The van der Waals surface area contributed by atoms with Gasteiger partial charge in [0, 0.05) is 0 Å². The fraction of sp³-hybridized carbons (Fsp3) is 0.278. The molecule has 0 radical (unpaired) electrons. The van der Waals surface area contributed by atoms with Crippen molar-refractivity contribution in [1.29, 1.82) is 0 Å². The van der Waals surface area contributed by atoms with E-state index in [1.54, 1.807) is 22.3 Å². The summed E-state index contributed by atoms with van der Waals surface area (Å²) in [5, 5.41) is 0. The second-order valence-electron chi connectivity index (χ2n) is 24.2. The third-order valence-electron chi connectivity index (χ3n) is 17.1. The molecule has 0 aromatic heterocycles. The minimum absolute atomic E-state index is 0.275. The molecule has 2 aliphatic carbocycles. The van der Waals surface area contributed by atoms with Crippen LogP contribution in [0.5, 0.6) is 0 Å². The molecule has 0 saturated carbocycles. The Balaban J connectivity index is 1.32. The van der Waals surface area contributed by atoms with Crippen molar-refractivity contribution in [1.82, 2.24) is 0 Å². The van der Waals surface area contributed by atoms with Gasteiger partial charge in [0.15, 0.2) is 0 Å². The SMILES string of the molecule is CCC(CC1=Cc2c(-c3cc(C)cc(C)c3)ccc(-c3cc(C)cc(C)c3)c2[CH]1[Zr]([CH3])([CH3])(=[SiH2])[CH]1C(CC(CC)c2ccccc2)=Cc2c(-c3cc(C)cc(C)c3)ccc(-c3cc(C)cc(C)c3)c21)c1ccccc1. The second-order valence-corrected chi connectivity index (χ2v) is 54.6. The Labute approximate surface area is 447 Å². The molecule has 10 rings (SSSR count). The number of rotatable bonds is 14. The Bertz CT molecular complexity index is 3280. The average molecular weight is 1060 g/mol. The molecule has 0 saturated heterocycles. The number of benzene rings is 8. The maximum absolute atomic E-state index is 4.57. The first-order chi connectivity index (χ1) is 35.4. The van der Waals surface area contributed by atoms with E-state index >= 15 is 0 Å². The van der Waals surface area contributed by atoms with Crippen molar-refractivity contribution in [2.75, 3.05) is 0 Å².